The number of nitrogens with zero attached hydrogens (tertiary/aromatic N) is 4. The topological polar surface area (TPSA) is 83.5 Å². The Morgan fingerprint density at radius 1 is 1.21 bits per heavy atom. The van der Waals surface area contributed by atoms with Crippen molar-refractivity contribution in [2.75, 3.05) is 36.8 Å². The summed E-state index contributed by atoms with van der Waals surface area (Å²) in [6.07, 6.45) is 3.31. The van der Waals surface area contributed by atoms with Gasteiger partial charge in [0.15, 0.2) is 0 Å². The zero-order valence-electron chi connectivity index (χ0n) is 10.7. The fraction of sp³-hybridized carbons (Fsp3) is 0.545. The number of sulfonamides is 1. The first kappa shape index (κ1) is 13.9. The summed E-state index contributed by atoms with van der Waals surface area (Å²) in [5.74, 6) is -0.158. The zero-order valence-corrected chi connectivity index (χ0v) is 11.5. The molecular formula is C11H16N4O3S. The molecule has 1 aromatic rings. The van der Waals surface area contributed by atoms with E-state index in [-0.39, 0.29) is 5.78 Å². The maximum atomic E-state index is 11.9. The van der Waals surface area contributed by atoms with Gasteiger partial charge in [-0.05, 0) is 13.0 Å². The fourth-order valence-electron chi connectivity index (χ4n) is 1.97. The van der Waals surface area contributed by atoms with Crippen LogP contribution < -0.4 is 4.90 Å². The van der Waals surface area contributed by atoms with Crippen LogP contribution in [-0.4, -0.2) is 60.4 Å². The van der Waals surface area contributed by atoms with Gasteiger partial charge in [-0.15, -0.1) is 0 Å². The number of hydrogen-bond donors (Lipinski definition) is 0. The van der Waals surface area contributed by atoms with Crippen LogP contribution in [-0.2, 0) is 14.8 Å². The minimum absolute atomic E-state index is 0.339. The number of ketones is 1. The van der Waals surface area contributed by atoms with Gasteiger partial charge in [0.05, 0.1) is 0 Å². The maximum Gasteiger partial charge on any atom is 0.225 e. The van der Waals surface area contributed by atoms with Crippen LogP contribution in [0.1, 0.15) is 6.92 Å². The van der Waals surface area contributed by atoms with Crippen molar-refractivity contribution in [1.82, 2.24) is 14.3 Å². The van der Waals surface area contributed by atoms with E-state index in [1.165, 1.54) is 11.2 Å². The molecule has 1 aliphatic rings. The highest BCUT2D eigenvalue weighted by molar-refractivity contribution is 7.89. The number of aromatic nitrogens is 2. The zero-order chi connectivity index (χ0) is 13.9. The number of hydrogen-bond acceptors (Lipinski definition) is 6. The molecule has 0 aromatic carbocycles. The molecule has 0 atom stereocenters. The van der Waals surface area contributed by atoms with Crippen LogP contribution in [0.15, 0.2) is 18.5 Å². The van der Waals surface area contributed by atoms with Gasteiger partial charge < -0.3 is 4.90 Å². The van der Waals surface area contributed by atoms with Crippen molar-refractivity contribution in [2.45, 2.75) is 6.92 Å². The Kier molecular flexibility index (Phi) is 4.11. The van der Waals surface area contributed by atoms with Crippen LogP contribution in [0.2, 0.25) is 0 Å². The molecule has 2 rings (SSSR count). The Balaban J connectivity index is 1.98. The quantitative estimate of drug-likeness (QED) is 0.742. The SMILES string of the molecule is CC(=O)CS(=O)(=O)N1CCN(c2ncccn2)CC1. The predicted octanol–water partition coefficient (Wildman–Crippen LogP) is -0.483. The van der Waals surface area contributed by atoms with Crippen molar-refractivity contribution in [3.8, 4) is 0 Å². The Hall–Kier alpha value is -1.54. The highest BCUT2D eigenvalue weighted by atomic mass is 32.2. The molecule has 8 heteroatoms. The third-order valence-corrected chi connectivity index (χ3v) is 4.78. The van der Waals surface area contributed by atoms with Crippen LogP contribution in [0.25, 0.3) is 0 Å². The summed E-state index contributed by atoms with van der Waals surface area (Å²) >= 11 is 0. The Bertz CT molecular complexity index is 538. The van der Waals surface area contributed by atoms with Gasteiger partial charge in [0, 0.05) is 38.6 Å². The molecule has 19 heavy (non-hydrogen) atoms. The average Bonchev–Trinajstić information content (AvgIpc) is 2.38. The van der Waals surface area contributed by atoms with Gasteiger partial charge in [0.2, 0.25) is 16.0 Å². The number of carbonyl (C=O) groups excluding carboxylic acids is 1. The normalized spacial score (nSPS) is 17.4. The smallest absolute Gasteiger partial charge is 0.225 e. The molecule has 1 aromatic heterocycles. The second-order valence-electron chi connectivity index (χ2n) is 4.39. The van der Waals surface area contributed by atoms with Gasteiger partial charge in [-0.1, -0.05) is 0 Å². The molecule has 2 heterocycles. The lowest BCUT2D eigenvalue weighted by molar-refractivity contribution is -0.114. The van der Waals surface area contributed by atoms with E-state index in [2.05, 4.69) is 9.97 Å². The second-order valence-corrected chi connectivity index (χ2v) is 6.36. The van der Waals surface area contributed by atoms with E-state index in [4.69, 9.17) is 0 Å². The van der Waals surface area contributed by atoms with Crippen molar-refractivity contribution < 1.29 is 13.2 Å². The average molecular weight is 284 g/mol. The largest absolute Gasteiger partial charge is 0.338 e. The van der Waals surface area contributed by atoms with Crippen molar-refractivity contribution in [3.05, 3.63) is 18.5 Å². The molecule has 0 spiro atoms. The van der Waals surface area contributed by atoms with Crippen LogP contribution in [0.3, 0.4) is 0 Å². The number of carbonyl (C=O) groups is 1. The van der Waals surface area contributed by atoms with Gasteiger partial charge in [-0.3, -0.25) is 4.79 Å². The molecule has 0 N–H and O–H groups in total. The molecular weight excluding hydrogens is 268 g/mol. The van der Waals surface area contributed by atoms with Crippen LogP contribution >= 0.6 is 0 Å². The van der Waals surface area contributed by atoms with E-state index in [1.54, 1.807) is 18.5 Å². The van der Waals surface area contributed by atoms with Gasteiger partial charge in [0.1, 0.15) is 11.5 Å². The van der Waals surface area contributed by atoms with E-state index in [9.17, 15) is 13.2 Å². The first-order valence-corrected chi connectivity index (χ1v) is 7.59. The molecule has 7 nitrogen and oxygen atoms in total. The molecule has 0 unspecified atom stereocenters. The summed E-state index contributed by atoms with van der Waals surface area (Å²) in [5.41, 5.74) is 0. The summed E-state index contributed by atoms with van der Waals surface area (Å²) in [6.45, 7) is 3.05. The highest BCUT2D eigenvalue weighted by Gasteiger charge is 2.28. The number of piperazine rings is 1. The molecule has 0 saturated carbocycles. The van der Waals surface area contributed by atoms with Crippen LogP contribution in [0, 0.1) is 0 Å². The standard InChI is InChI=1S/C11H16N4O3S/c1-10(16)9-19(17,18)15-7-5-14(6-8-15)11-12-3-2-4-13-11/h2-4H,5-9H2,1H3. The van der Waals surface area contributed by atoms with Gasteiger partial charge in [-0.2, -0.15) is 4.31 Å². The second kappa shape index (κ2) is 5.62. The highest BCUT2D eigenvalue weighted by Crippen LogP contribution is 2.12. The summed E-state index contributed by atoms with van der Waals surface area (Å²) in [5, 5.41) is 0. The first-order valence-electron chi connectivity index (χ1n) is 5.98. The number of Topliss-reactive ketones (excluding diaryl/α,β-unsaturated/α-hetero) is 1. The van der Waals surface area contributed by atoms with E-state index < -0.39 is 15.8 Å². The molecule has 0 amide bonds. The van der Waals surface area contributed by atoms with Gasteiger partial charge in [-0.25, -0.2) is 18.4 Å². The Labute approximate surface area is 112 Å². The van der Waals surface area contributed by atoms with Crippen LogP contribution in [0.5, 0.6) is 0 Å². The summed E-state index contributed by atoms with van der Waals surface area (Å²) in [4.78, 5) is 21.1. The van der Waals surface area contributed by atoms with Crippen molar-refractivity contribution >= 4 is 21.8 Å². The predicted molar refractivity (Wildman–Crippen MR) is 70.3 cm³/mol. The molecule has 104 valence electrons. The third kappa shape index (κ3) is 3.48. The Morgan fingerprint density at radius 2 is 1.79 bits per heavy atom. The van der Waals surface area contributed by atoms with Crippen molar-refractivity contribution in [2.24, 2.45) is 0 Å². The minimum Gasteiger partial charge on any atom is -0.338 e. The van der Waals surface area contributed by atoms with E-state index in [0.29, 0.717) is 32.1 Å². The summed E-state index contributed by atoms with van der Waals surface area (Å²) in [6, 6.07) is 1.73. The Morgan fingerprint density at radius 3 is 2.32 bits per heavy atom. The number of anilines is 1. The lowest BCUT2D eigenvalue weighted by Gasteiger charge is -2.33. The van der Waals surface area contributed by atoms with Gasteiger partial charge in [0.25, 0.3) is 0 Å². The minimum atomic E-state index is -3.47. The van der Waals surface area contributed by atoms with E-state index >= 15 is 0 Å². The van der Waals surface area contributed by atoms with E-state index in [0.717, 1.165) is 0 Å². The fourth-order valence-corrected chi connectivity index (χ4v) is 3.38. The monoisotopic (exact) mass is 284 g/mol. The maximum absolute atomic E-state index is 11.9. The van der Waals surface area contributed by atoms with Crippen molar-refractivity contribution in [1.29, 1.82) is 0 Å². The molecule has 1 aliphatic heterocycles. The third-order valence-electron chi connectivity index (χ3n) is 2.85. The van der Waals surface area contributed by atoms with Crippen LogP contribution in [0.4, 0.5) is 5.95 Å². The molecule has 1 fully saturated rings. The lowest BCUT2D eigenvalue weighted by atomic mass is 10.4. The molecule has 0 bridgehead atoms. The van der Waals surface area contributed by atoms with Crippen molar-refractivity contribution in [3.63, 3.8) is 0 Å². The van der Waals surface area contributed by atoms with Gasteiger partial charge >= 0.3 is 0 Å². The first-order chi connectivity index (χ1) is 8.99. The van der Waals surface area contributed by atoms with E-state index in [1.807, 2.05) is 4.90 Å². The molecule has 0 radical (unpaired) electrons. The lowest BCUT2D eigenvalue weighted by Crippen LogP contribution is -2.50. The number of rotatable bonds is 4. The molecule has 0 aliphatic carbocycles. The summed E-state index contributed by atoms with van der Waals surface area (Å²) in [7, 11) is -3.47. The summed E-state index contributed by atoms with van der Waals surface area (Å²) < 4.78 is 25.1. The molecule has 1 saturated heterocycles.